The predicted octanol–water partition coefficient (Wildman–Crippen LogP) is 4.93. The van der Waals surface area contributed by atoms with Crippen molar-refractivity contribution in [2.45, 2.75) is 33.6 Å². The van der Waals surface area contributed by atoms with Crippen molar-refractivity contribution in [3.8, 4) is 11.5 Å². The number of carbonyl (C=O) groups is 2. The molecule has 4 heteroatoms. The Morgan fingerprint density at radius 3 is 1.88 bits per heavy atom. The van der Waals surface area contributed by atoms with Gasteiger partial charge < -0.3 is 9.47 Å². The van der Waals surface area contributed by atoms with E-state index >= 15 is 0 Å². The molecule has 0 amide bonds. The van der Waals surface area contributed by atoms with Gasteiger partial charge in [-0.3, -0.25) is 9.59 Å². The molecule has 0 N–H and O–H groups in total. The van der Waals surface area contributed by atoms with E-state index in [1.807, 2.05) is 49.4 Å². The third kappa shape index (κ3) is 3.07. The van der Waals surface area contributed by atoms with Crippen LogP contribution in [0.1, 0.15) is 32.3 Å². The normalized spacial score (nSPS) is 10.8. The molecule has 3 rings (SSSR count). The van der Waals surface area contributed by atoms with Crippen LogP contribution >= 0.6 is 0 Å². The van der Waals surface area contributed by atoms with Crippen molar-refractivity contribution in [1.82, 2.24) is 0 Å². The maximum Gasteiger partial charge on any atom is 0.310 e. The summed E-state index contributed by atoms with van der Waals surface area (Å²) in [6.45, 7) is 5.47. The summed E-state index contributed by atoms with van der Waals surface area (Å²) in [6.07, 6.45) is 0.572. The number of ether oxygens (including phenoxy) is 2. The Balaban J connectivity index is 2.43. The van der Waals surface area contributed by atoms with Crippen molar-refractivity contribution in [2.75, 3.05) is 0 Å². The first kappa shape index (κ1) is 17.0. The number of hydrogen-bond donors (Lipinski definition) is 0. The molecule has 25 heavy (non-hydrogen) atoms. The van der Waals surface area contributed by atoms with Gasteiger partial charge in [-0.15, -0.1) is 0 Å². The Hall–Kier alpha value is -2.88. The lowest BCUT2D eigenvalue weighted by Gasteiger charge is -2.17. The average molecular weight is 336 g/mol. The zero-order chi connectivity index (χ0) is 18.0. The summed E-state index contributed by atoms with van der Waals surface area (Å²) in [5.74, 6) is 0.434. The molecule has 0 aliphatic rings. The van der Waals surface area contributed by atoms with Crippen LogP contribution in [0, 0.1) is 6.92 Å². The van der Waals surface area contributed by atoms with Crippen molar-refractivity contribution >= 4 is 33.5 Å². The van der Waals surface area contributed by atoms with Crippen molar-refractivity contribution in [3.63, 3.8) is 0 Å². The number of fused-ring (bicyclic) bond motifs is 2. The van der Waals surface area contributed by atoms with E-state index in [0.29, 0.717) is 11.5 Å². The average Bonchev–Trinajstić information content (AvgIpc) is 2.63. The van der Waals surface area contributed by atoms with E-state index < -0.39 is 0 Å². The Morgan fingerprint density at radius 2 is 1.28 bits per heavy atom. The molecule has 0 unspecified atom stereocenters. The van der Waals surface area contributed by atoms with Gasteiger partial charge >= 0.3 is 11.9 Å². The first-order valence-electron chi connectivity index (χ1n) is 8.42. The van der Waals surface area contributed by atoms with E-state index in [9.17, 15) is 9.59 Å². The fraction of sp³-hybridized carbons (Fsp3) is 0.238. The monoisotopic (exact) mass is 336 g/mol. The predicted molar refractivity (Wildman–Crippen MR) is 98.0 cm³/mol. The van der Waals surface area contributed by atoms with E-state index in [-0.39, 0.29) is 24.8 Å². The zero-order valence-corrected chi connectivity index (χ0v) is 14.6. The smallest absolute Gasteiger partial charge is 0.310 e. The minimum atomic E-state index is -0.300. The molecule has 0 aromatic heterocycles. The number of rotatable bonds is 4. The lowest BCUT2D eigenvalue weighted by Crippen LogP contribution is -2.09. The van der Waals surface area contributed by atoms with Gasteiger partial charge in [-0.05, 0) is 12.5 Å². The molecule has 128 valence electrons. The number of carbonyl (C=O) groups excluding carboxylic acids is 2. The van der Waals surface area contributed by atoms with E-state index in [4.69, 9.17) is 9.47 Å². The Kier molecular flexibility index (Phi) is 4.70. The lowest BCUT2D eigenvalue weighted by molar-refractivity contribution is -0.134. The van der Waals surface area contributed by atoms with Crippen molar-refractivity contribution in [2.24, 2.45) is 0 Å². The van der Waals surface area contributed by atoms with Gasteiger partial charge in [0, 0.05) is 34.4 Å². The minimum Gasteiger partial charge on any atom is -0.425 e. The second-order valence-electron chi connectivity index (χ2n) is 5.86. The van der Waals surface area contributed by atoms with Crippen LogP contribution in [0.5, 0.6) is 11.5 Å². The minimum absolute atomic E-state index is 0.286. The summed E-state index contributed by atoms with van der Waals surface area (Å²) in [5, 5.41) is 3.06. The third-order valence-corrected chi connectivity index (χ3v) is 4.17. The van der Waals surface area contributed by atoms with Crippen LogP contribution in [0.15, 0.2) is 42.5 Å². The second-order valence-corrected chi connectivity index (χ2v) is 5.86. The first-order valence-corrected chi connectivity index (χ1v) is 8.42. The molecule has 0 spiro atoms. The Morgan fingerprint density at radius 1 is 0.760 bits per heavy atom. The summed E-state index contributed by atoms with van der Waals surface area (Å²) in [4.78, 5) is 23.9. The molecule has 0 aliphatic carbocycles. The summed E-state index contributed by atoms with van der Waals surface area (Å²) >= 11 is 0. The first-order chi connectivity index (χ1) is 12.1. The lowest BCUT2D eigenvalue weighted by atomic mass is 9.97. The van der Waals surface area contributed by atoms with Gasteiger partial charge in [0.05, 0.1) is 0 Å². The van der Waals surface area contributed by atoms with Crippen molar-refractivity contribution < 1.29 is 19.1 Å². The fourth-order valence-corrected chi connectivity index (χ4v) is 2.91. The highest BCUT2D eigenvalue weighted by atomic mass is 16.5. The standard InChI is InChI=1S/C21H20O4/c1-4-17(22)24-20-14-10-6-7-11-15(14)21(25-18(23)5-2)19-13(3)9-8-12-16(19)20/h6-12H,4-5H2,1-3H3. The van der Waals surface area contributed by atoms with Gasteiger partial charge in [-0.25, -0.2) is 0 Å². The Bertz CT molecular complexity index is 972. The maximum atomic E-state index is 12.0. The highest BCUT2D eigenvalue weighted by Gasteiger charge is 2.20. The fourth-order valence-electron chi connectivity index (χ4n) is 2.91. The molecular weight excluding hydrogens is 316 g/mol. The largest absolute Gasteiger partial charge is 0.425 e. The van der Waals surface area contributed by atoms with Crippen LogP contribution in [0.2, 0.25) is 0 Å². The maximum absolute atomic E-state index is 12.0. The highest BCUT2D eigenvalue weighted by Crippen LogP contribution is 2.44. The van der Waals surface area contributed by atoms with Gasteiger partial charge in [0.1, 0.15) is 11.5 Å². The summed E-state index contributed by atoms with van der Waals surface area (Å²) in [6, 6.07) is 13.2. The molecular formula is C21H20O4. The van der Waals surface area contributed by atoms with Crippen LogP contribution in [-0.2, 0) is 9.59 Å². The molecule has 0 atom stereocenters. The number of aryl methyl sites for hydroxylation is 1. The van der Waals surface area contributed by atoms with Crippen LogP contribution in [-0.4, -0.2) is 11.9 Å². The summed E-state index contributed by atoms with van der Waals surface area (Å²) in [5.41, 5.74) is 0.955. The van der Waals surface area contributed by atoms with Gasteiger partial charge in [0.2, 0.25) is 0 Å². The molecule has 0 aliphatic heterocycles. The van der Waals surface area contributed by atoms with E-state index in [0.717, 1.165) is 27.1 Å². The third-order valence-electron chi connectivity index (χ3n) is 4.17. The molecule has 4 nitrogen and oxygen atoms in total. The quantitative estimate of drug-likeness (QED) is 0.385. The highest BCUT2D eigenvalue weighted by molar-refractivity contribution is 6.13. The number of hydrogen-bond acceptors (Lipinski definition) is 4. The zero-order valence-electron chi connectivity index (χ0n) is 14.6. The SMILES string of the molecule is CCC(=O)Oc1c2ccccc2c(OC(=O)CC)c2c(C)cccc12. The van der Waals surface area contributed by atoms with Crippen LogP contribution < -0.4 is 9.47 Å². The van der Waals surface area contributed by atoms with Gasteiger partial charge in [0.25, 0.3) is 0 Å². The van der Waals surface area contributed by atoms with E-state index in [1.54, 1.807) is 13.8 Å². The van der Waals surface area contributed by atoms with Crippen molar-refractivity contribution in [1.29, 1.82) is 0 Å². The molecule has 0 radical (unpaired) electrons. The molecule has 0 saturated heterocycles. The molecule has 0 fully saturated rings. The van der Waals surface area contributed by atoms with E-state index in [2.05, 4.69) is 0 Å². The molecule has 0 heterocycles. The molecule has 0 saturated carbocycles. The van der Waals surface area contributed by atoms with Crippen LogP contribution in [0.4, 0.5) is 0 Å². The van der Waals surface area contributed by atoms with E-state index in [1.165, 1.54) is 0 Å². The van der Waals surface area contributed by atoms with Gasteiger partial charge in [-0.2, -0.15) is 0 Å². The molecule has 3 aromatic carbocycles. The van der Waals surface area contributed by atoms with Gasteiger partial charge in [0.15, 0.2) is 0 Å². The molecule has 0 bridgehead atoms. The van der Waals surface area contributed by atoms with Gasteiger partial charge in [-0.1, -0.05) is 56.3 Å². The summed E-state index contributed by atoms with van der Waals surface area (Å²) < 4.78 is 11.3. The van der Waals surface area contributed by atoms with Crippen LogP contribution in [0.25, 0.3) is 21.5 Å². The number of benzene rings is 3. The summed E-state index contributed by atoms with van der Waals surface area (Å²) in [7, 11) is 0. The molecule has 3 aromatic rings. The number of esters is 2. The van der Waals surface area contributed by atoms with Crippen LogP contribution in [0.3, 0.4) is 0 Å². The topological polar surface area (TPSA) is 52.6 Å². The second kappa shape index (κ2) is 6.93. The van der Waals surface area contributed by atoms with Crippen molar-refractivity contribution in [3.05, 3.63) is 48.0 Å². The Labute approximate surface area is 146 Å².